The van der Waals surface area contributed by atoms with E-state index in [1.54, 1.807) is 7.11 Å². The van der Waals surface area contributed by atoms with Crippen molar-refractivity contribution in [1.29, 1.82) is 0 Å². The molecule has 0 spiro atoms. The average Bonchev–Trinajstić information content (AvgIpc) is 2.87. The topological polar surface area (TPSA) is 26.2 Å². The van der Waals surface area contributed by atoms with Gasteiger partial charge < -0.3 is 14.6 Å². The summed E-state index contributed by atoms with van der Waals surface area (Å²) in [6.45, 7) is 8.24. The Hall–Kier alpha value is -1.32. The number of methoxy groups -OCH3 is 1. The first-order valence-corrected chi connectivity index (χ1v) is 8.06. The lowest BCUT2D eigenvalue weighted by atomic mass is 10.0. The second-order valence-corrected chi connectivity index (χ2v) is 5.66. The fourth-order valence-corrected chi connectivity index (χ4v) is 2.83. The predicted molar refractivity (Wildman–Crippen MR) is 89.6 cm³/mol. The van der Waals surface area contributed by atoms with Crippen molar-refractivity contribution in [1.82, 2.24) is 9.88 Å². The number of nitrogens with one attached hydrogen (secondary N) is 1. The number of nitrogens with zero attached hydrogens (tertiary/aromatic N) is 1. The Bertz CT molecular complexity index is 543. The molecule has 0 aliphatic rings. The van der Waals surface area contributed by atoms with Gasteiger partial charge in [0.2, 0.25) is 0 Å². The highest BCUT2D eigenvalue weighted by Gasteiger charge is 2.12. The van der Waals surface area contributed by atoms with E-state index in [-0.39, 0.29) is 0 Å². The van der Waals surface area contributed by atoms with Crippen molar-refractivity contribution in [3.05, 3.63) is 36.0 Å². The first kappa shape index (κ1) is 16.1. The van der Waals surface area contributed by atoms with Crippen LogP contribution in [0.1, 0.15) is 32.4 Å². The van der Waals surface area contributed by atoms with Gasteiger partial charge in [0, 0.05) is 38.0 Å². The molecule has 116 valence electrons. The summed E-state index contributed by atoms with van der Waals surface area (Å²) >= 11 is 0. The SMILES string of the molecule is CCC(CC)Cn1c(CNCCOC)cc2ccccc21. The zero-order valence-corrected chi connectivity index (χ0v) is 13.6. The lowest BCUT2D eigenvalue weighted by Gasteiger charge is -2.17. The fraction of sp³-hybridized carbons (Fsp3) is 0.556. The van der Waals surface area contributed by atoms with Gasteiger partial charge in [0.05, 0.1) is 6.61 Å². The average molecular weight is 288 g/mol. The summed E-state index contributed by atoms with van der Waals surface area (Å²) in [4.78, 5) is 0. The molecule has 1 aromatic heterocycles. The van der Waals surface area contributed by atoms with Crippen LogP contribution in [0, 0.1) is 5.92 Å². The van der Waals surface area contributed by atoms with Gasteiger partial charge in [-0.25, -0.2) is 0 Å². The van der Waals surface area contributed by atoms with Crippen LogP contribution >= 0.6 is 0 Å². The molecule has 2 aromatic rings. The molecular weight excluding hydrogens is 260 g/mol. The largest absolute Gasteiger partial charge is 0.383 e. The lowest BCUT2D eigenvalue weighted by Crippen LogP contribution is -2.21. The number of rotatable bonds is 9. The van der Waals surface area contributed by atoms with E-state index in [0.29, 0.717) is 0 Å². The van der Waals surface area contributed by atoms with E-state index in [1.165, 1.54) is 29.4 Å². The molecule has 1 heterocycles. The number of fused-ring (bicyclic) bond motifs is 1. The van der Waals surface area contributed by atoms with Crippen molar-refractivity contribution in [2.24, 2.45) is 5.92 Å². The van der Waals surface area contributed by atoms with Crippen molar-refractivity contribution in [3.63, 3.8) is 0 Å². The molecule has 0 saturated carbocycles. The summed E-state index contributed by atoms with van der Waals surface area (Å²) in [5, 5.41) is 4.81. The molecule has 1 N–H and O–H groups in total. The van der Waals surface area contributed by atoms with Crippen LogP contribution in [0.15, 0.2) is 30.3 Å². The zero-order valence-electron chi connectivity index (χ0n) is 13.6. The van der Waals surface area contributed by atoms with E-state index in [2.05, 4.69) is 54.1 Å². The molecule has 0 aliphatic heterocycles. The van der Waals surface area contributed by atoms with Crippen molar-refractivity contribution < 1.29 is 4.74 Å². The minimum atomic E-state index is 0.749. The molecular formula is C18H28N2O. The van der Waals surface area contributed by atoms with Gasteiger partial charge in [-0.3, -0.25) is 0 Å². The second kappa shape index (κ2) is 8.20. The molecule has 2 rings (SSSR count). The maximum absolute atomic E-state index is 5.10. The van der Waals surface area contributed by atoms with Crippen LogP contribution in [0.25, 0.3) is 10.9 Å². The smallest absolute Gasteiger partial charge is 0.0587 e. The van der Waals surface area contributed by atoms with E-state index in [4.69, 9.17) is 4.74 Å². The Morgan fingerprint density at radius 2 is 1.95 bits per heavy atom. The number of hydrogen-bond donors (Lipinski definition) is 1. The van der Waals surface area contributed by atoms with Crippen LogP contribution in [0.3, 0.4) is 0 Å². The molecule has 0 radical (unpaired) electrons. The van der Waals surface area contributed by atoms with Crippen LogP contribution in [0.2, 0.25) is 0 Å². The van der Waals surface area contributed by atoms with Gasteiger partial charge in [0.25, 0.3) is 0 Å². The summed E-state index contributed by atoms with van der Waals surface area (Å²) in [7, 11) is 1.74. The summed E-state index contributed by atoms with van der Waals surface area (Å²) in [6, 6.07) is 11.0. The van der Waals surface area contributed by atoms with Gasteiger partial charge in [-0.05, 0) is 23.4 Å². The van der Waals surface area contributed by atoms with Crippen molar-refractivity contribution in [2.75, 3.05) is 20.3 Å². The molecule has 0 unspecified atom stereocenters. The molecule has 3 heteroatoms. The van der Waals surface area contributed by atoms with E-state index in [9.17, 15) is 0 Å². The number of para-hydroxylation sites is 1. The van der Waals surface area contributed by atoms with Crippen LogP contribution in [-0.4, -0.2) is 24.8 Å². The highest BCUT2D eigenvalue weighted by Crippen LogP contribution is 2.23. The first-order chi connectivity index (χ1) is 10.3. The lowest BCUT2D eigenvalue weighted by molar-refractivity contribution is 0.199. The summed E-state index contributed by atoms with van der Waals surface area (Å²) in [6.07, 6.45) is 2.47. The summed E-state index contributed by atoms with van der Waals surface area (Å²) < 4.78 is 7.59. The molecule has 0 fully saturated rings. The molecule has 0 bridgehead atoms. The highest BCUT2D eigenvalue weighted by molar-refractivity contribution is 5.81. The minimum absolute atomic E-state index is 0.749. The molecule has 0 atom stereocenters. The van der Waals surface area contributed by atoms with Gasteiger partial charge in [-0.1, -0.05) is 44.9 Å². The van der Waals surface area contributed by atoms with Crippen LogP contribution in [-0.2, 0) is 17.8 Å². The second-order valence-electron chi connectivity index (χ2n) is 5.66. The normalized spacial score (nSPS) is 11.6. The monoisotopic (exact) mass is 288 g/mol. The molecule has 0 aliphatic carbocycles. The molecule has 0 saturated heterocycles. The maximum Gasteiger partial charge on any atom is 0.0587 e. The third-order valence-electron chi connectivity index (χ3n) is 4.28. The number of benzene rings is 1. The molecule has 21 heavy (non-hydrogen) atoms. The van der Waals surface area contributed by atoms with E-state index in [0.717, 1.165) is 32.2 Å². The molecule has 1 aromatic carbocycles. The van der Waals surface area contributed by atoms with Crippen LogP contribution < -0.4 is 5.32 Å². The van der Waals surface area contributed by atoms with Gasteiger partial charge >= 0.3 is 0 Å². The Kier molecular flexibility index (Phi) is 6.27. The molecule has 3 nitrogen and oxygen atoms in total. The van der Waals surface area contributed by atoms with E-state index < -0.39 is 0 Å². The Morgan fingerprint density at radius 3 is 2.67 bits per heavy atom. The third kappa shape index (κ3) is 4.08. The van der Waals surface area contributed by atoms with Gasteiger partial charge in [-0.15, -0.1) is 0 Å². The van der Waals surface area contributed by atoms with E-state index >= 15 is 0 Å². The highest BCUT2D eigenvalue weighted by atomic mass is 16.5. The first-order valence-electron chi connectivity index (χ1n) is 8.06. The van der Waals surface area contributed by atoms with Crippen molar-refractivity contribution in [2.45, 2.75) is 39.8 Å². The third-order valence-corrected chi connectivity index (χ3v) is 4.28. The number of aromatic nitrogens is 1. The van der Waals surface area contributed by atoms with Gasteiger partial charge in [0.15, 0.2) is 0 Å². The van der Waals surface area contributed by atoms with Crippen molar-refractivity contribution in [3.8, 4) is 0 Å². The minimum Gasteiger partial charge on any atom is -0.383 e. The van der Waals surface area contributed by atoms with E-state index in [1.807, 2.05) is 0 Å². The van der Waals surface area contributed by atoms with Gasteiger partial charge in [0.1, 0.15) is 0 Å². The maximum atomic E-state index is 5.10. The Labute approximate surface area is 128 Å². The van der Waals surface area contributed by atoms with Crippen LogP contribution in [0.5, 0.6) is 0 Å². The van der Waals surface area contributed by atoms with Crippen LogP contribution in [0.4, 0.5) is 0 Å². The predicted octanol–water partition coefficient (Wildman–Crippen LogP) is 3.81. The zero-order chi connectivity index (χ0) is 15.1. The Balaban J connectivity index is 2.21. The Morgan fingerprint density at radius 1 is 1.19 bits per heavy atom. The summed E-state index contributed by atoms with van der Waals surface area (Å²) in [5.74, 6) is 0.749. The van der Waals surface area contributed by atoms with Crippen molar-refractivity contribution >= 4 is 10.9 Å². The number of hydrogen-bond acceptors (Lipinski definition) is 2. The standard InChI is InChI=1S/C18H28N2O/c1-4-15(5-2)14-20-17(13-19-10-11-21-3)12-16-8-6-7-9-18(16)20/h6-9,12,15,19H,4-5,10-11,13-14H2,1-3H3. The summed E-state index contributed by atoms with van der Waals surface area (Å²) in [5.41, 5.74) is 2.73. The quantitative estimate of drug-likeness (QED) is 0.710. The molecule has 0 amide bonds. The number of ether oxygens (including phenoxy) is 1. The van der Waals surface area contributed by atoms with Gasteiger partial charge in [-0.2, -0.15) is 0 Å². The fourth-order valence-electron chi connectivity index (χ4n) is 2.83.